The molecule has 29 heavy (non-hydrogen) atoms. The van der Waals surface area contributed by atoms with Crippen LogP contribution in [0.25, 0.3) is 0 Å². The second-order valence-electron chi connectivity index (χ2n) is 8.07. The van der Waals surface area contributed by atoms with Gasteiger partial charge in [0.25, 0.3) is 0 Å². The number of nitrogens with zero attached hydrogens (tertiary/aromatic N) is 3. The molecule has 0 radical (unpaired) electrons. The van der Waals surface area contributed by atoms with Gasteiger partial charge < -0.3 is 9.64 Å². The van der Waals surface area contributed by atoms with Gasteiger partial charge in [-0.2, -0.15) is 10.2 Å². The van der Waals surface area contributed by atoms with E-state index in [4.69, 9.17) is 4.74 Å². The summed E-state index contributed by atoms with van der Waals surface area (Å²) < 4.78 is 19.7. The summed E-state index contributed by atoms with van der Waals surface area (Å²) in [6.45, 7) is 3.57. The molecular weight excluding hydrogens is 369 g/mol. The highest BCUT2D eigenvalue weighted by atomic mass is 19.1. The van der Waals surface area contributed by atoms with Crippen LogP contribution in [-0.4, -0.2) is 30.5 Å². The van der Waals surface area contributed by atoms with Crippen molar-refractivity contribution in [3.8, 4) is 5.75 Å². The average molecular weight is 397 g/mol. The average Bonchev–Trinajstić information content (AvgIpc) is 3.52. The summed E-state index contributed by atoms with van der Waals surface area (Å²) in [5, 5.41) is 8.66. The van der Waals surface area contributed by atoms with Crippen LogP contribution >= 0.6 is 0 Å². The lowest BCUT2D eigenvalue weighted by molar-refractivity contribution is -0.130. The topological polar surface area (TPSA) is 54.3 Å². The fourth-order valence-corrected chi connectivity index (χ4v) is 4.02. The molecule has 1 unspecified atom stereocenters. The van der Waals surface area contributed by atoms with Crippen molar-refractivity contribution in [3.63, 3.8) is 0 Å². The van der Waals surface area contributed by atoms with Crippen molar-refractivity contribution in [2.24, 2.45) is 22.1 Å². The SMILES string of the molecule is CCOc1ccc(CC(=O)N2CCCCC3C=C(C4CC4)N=NC=C3C2)c(F)c1. The number of halogens is 1. The molecule has 4 rings (SSSR count). The van der Waals surface area contributed by atoms with E-state index in [1.807, 2.05) is 18.0 Å². The molecule has 2 aliphatic heterocycles. The van der Waals surface area contributed by atoms with Crippen LogP contribution in [0.4, 0.5) is 4.39 Å². The molecule has 1 atom stereocenters. The van der Waals surface area contributed by atoms with E-state index in [-0.39, 0.29) is 12.3 Å². The Bertz CT molecular complexity index is 858. The van der Waals surface area contributed by atoms with Crippen molar-refractivity contribution in [1.29, 1.82) is 0 Å². The third kappa shape index (κ3) is 4.92. The van der Waals surface area contributed by atoms with Gasteiger partial charge in [0, 0.05) is 31.0 Å². The number of hydrogen-bond donors (Lipinski definition) is 0. The molecule has 0 N–H and O–H groups in total. The van der Waals surface area contributed by atoms with E-state index in [1.54, 1.807) is 12.1 Å². The van der Waals surface area contributed by atoms with Gasteiger partial charge in [-0.3, -0.25) is 4.79 Å². The molecule has 154 valence electrons. The Balaban J connectivity index is 1.46. The van der Waals surface area contributed by atoms with Crippen LogP contribution in [-0.2, 0) is 11.2 Å². The molecule has 1 aromatic rings. The van der Waals surface area contributed by atoms with E-state index in [0.717, 1.165) is 30.5 Å². The Morgan fingerprint density at radius 3 is 2.90 bits per heavy atom. The second kappa shape index (κ2) is 8.89. The van der Waals surface area contributed by atoms with E-state index < -0.39 is 5.82 Å². The molecule has 3 aliphatic rings. The first kappa shape index (κ1) is 19.8. The van der Waals surface area contributed by atoms with Crippen molar-refractivity contribution >= 4 is 5.91 Å². The van der Waals surface area contributed by atoms with E-state index in [2.05, 4.69) is 16.3 Å². The molecule has 1 aromatic carbocycles. The van der Waals surface area contributed by atoms with Crippen LogP contribution in [0.15, 0.2) is 52.0 Å². The number of carbonyl (C=O) groups is 1. The third-order valence-corrected chi connectivity index (χ3v) is 5.84. The molecule has 1 amide bonds. The lowest BCUT2D eigenvalue weighted by Gasteiger charge is -2.29. The zero-order valence-corrected chi connectivity index (χ0v) is 16.9. The number of azo groups is 1. The first-order chi connectivity index (χ1) is 14.1. The molecule has 1 saturated carbocycles. The van der Waals surface area contributed by atoms with Crippen LogP contribution in [0.1, 0.15) is 44.6 Å². The second-order valence-corrected chi connectivity index (χ2v) is 8.07. The predicted molar refractivity (Wildman–Crippen MR) is 109 cm³/mol. The summed E-state index contributed by atoms with van der Waals surface area (Å²) in [4.78, 5) is 14.8. The summed E-state index contributed by atoms with van der Waals surface area (Å²) in [6.07, 6.45) is 9.64. The standard InChI is InChI=1S/C23H28FN3O2/c1-2-29-20-9-8-18(21(24)13-20)12-23(28)27-10-4-3-5-17-11-22(16-6-7-16)26-25-14-19(17)15-27/h8-9,11,13-14,16-17H,2-7,10,12,15H2,1H3. The third-order valence-electron chi connectivity index (χ3n) is 5.84. The van der Waals surface area contributed by atoms with Gasteiger partial charge in [-0.15, -0.1) is 0 Å². The molecule has 2 heterocycles. The number of rotatable bonds is 5. The highest BCUT2D eigenvalue weighted by Gasteiger charge is 2.30. The number of benzene rings is 1. The van der Waals surface area contributed by atoms with Gasteiger partial charge in [0.15, 0.2) is 0 Å². The number of likely N-dealkylation sites (tertiary alicyclic amines) is 1. The zero-order valence-electron chi connectivity index (χ0n) is 16.9. The van der Waals surface area contributed by atoms with Gasteiger partial charge in [-0.25, -0.2) is 4.39 Å². The van der Waals surface area contributed by atoms with Gasteiger partial charge in [0.05, 0.1) is 24.9 Å². The lowest BCUT2D eigenvalue weighted by atomic mass is 9.90. The smallest absolute Gasteiger partial charge is 0.227 e. The number of carbonyl (C=O) groups excluding carboxylic acids is 1. The molecule has 0 spiro atoms. The monoisotopic (exact) mass is 397 g/mol. The van der Waals surface area contributed by atoms with E-state index in [1.165, 1.54) is 18.9 Å². The Morgan fingerprint density at radius 1 is 1.28 bits per heavy atom. The first-order valence-electron chi connectivity index (χ1n) is 10.6. The van der Waals surface area contributed by atoms with Gasteiger partial charge in [0.2, 0.25) is 5.91 Å². The Kier molecular flexibility index (Phi) is 6.07. The van der Waals surface area contributed by atoms with E-state index in [0.29, 0.717) is 42.8 Å². The van der Waals surface area contributed by atoms with Crippen LogP contribution in [0.5, 0.6) is 5.75 Å². The minimum Gasteiger partial charge on any atom is -0.494 e. The van der Waals surface area contributed by atoms with Gasteiger partial charge in [0.1, 0.15) is 11.6 Å². The lowest BCUT2D eigenvalue weighted by Crippen LogP contribution is -2.37. The quantitative estimate of drug-likeness (QED) is 0.699. The molecular formula is C23H28FN3O2. The highest BCUT2D eigenvalue weighted by Crippen LogP contribution is 2.40. The van der Waals surface area contributed by atoms with E-state index >= 15 is 0 Å². The summed E-state index contributed by atoms with van der Waals surface area (Å²) in [6, 6.07) is 4.72. The number of hydrogen-bond acceptors (Lipinski definition) is 4. The fraction of sp³-hybridized carbons (Fsp3) is 0.522. The Hall–Kier alpha value is -2.50. The van der Waals surface area contributed by atoms with Gasteiger partial charge in [-0.05, 0) is 49.8 Å². The van der Waals surface area contributed by atoms with Crippen molar-refractivity contribution in [2.45, 2.75) is 45.4 Å². The number of fused-ring (bicyclic) bond motifs is 1. The maximum Gasteiger partial charge on any atom is 0.227 e. The summed E-state index contributed by atoms with van der Waals surface area (Å²) >= 11 is 0. The molecule has 1 aliphatic carbocycles. The minimum absolute atomic E-state index is 0.0535. The molecule has 1 saturated heterocycles. The fourth-order valence-electron chi connectivity index (χ4n) is 4.02. The number of amides is 1. The van der Waals surface area contributed by atoms with Crippen LogP contribution in [0.3, 0.4) is 0 Å². The number of allylic oxidation sites excluding steroid dienone is 2. The molecule has 0 aromatic heterocycles. The summed E-state index contributed by atoms with van der Waals surface area (Å²) in [7, 11) is 0. The van der Waals surface area contributed by atoms with Crippen molar-refractivity contribution in [1.82, 2.24) is 4.90 Å². The van der Waals surface area contributed by atoms with Crippen LogP contribution in [0.2, 0.25) is 0 Å². The maximum absolute atomic E-state index is 14.4. The Labute approximate surface area is 171 Å². The summed E-state index contributed by atoms with van der Waals surface area (Å²) in [5.74, 6) is 0.897. The molecule has 5 nitrogen and oxygen atoms in total. The van der Waals surface area contributed by atoms with Crippen molar-refractivity contribution in [2.75, 3.05) is 19.7 Å². The molecule has 0 bridgehead atoms. The largest absolute Gasteiger partial charge is 0.494 e. The first-order valence-corrected chi connectivity index (χ1v) is 10.6. The van der Waals surface area contributed by atoms with Gasteiger partial charge in [-0.1, -0.05) is 18.6 Å². The van der Waals surface area contributed by atoms with Crippen molar-refractivity contribution in [3.05, 3.63) is 53.1 Å². The summed E-state index contributed by atoms with van der Waals surface area (Å²) in [5.41, 5.74) is 2.64. The van der Waals surface area contributed by atoms with Gasteiger partial charge >= 0.3 is 0 Å². The Morgan fingerprint density at radius 2 is 2.14 bits per heavy atom. The van der Waals surface area contributed by atoms with Crippen LogP contribution < -0.4 is 4.74 Å². The molecule has 2 fully saturated rings. The number of ether oxygens (including phenoxy) is 1. The van der Waals surface area contributed by atoms with E-state index in [9.17, 15) is 9.18 Å². The minimum atomic E-state index is -0.395. The normalized spacial score (nSPS) is 22.0. The predicted octanol–water partition coefficient (Wildman–Crippen LogP) is 5.04. The zero-order chi connectivity index (χ0) is 20.2. The van der Waals surface area contributed by atoms with Crippen LogP contribution in [0, 0.1) is 17.7 Å². The maximum atomic E-state index is 14.4. The van der Waals surface area contributed by atoms with Crippen molar-refractivity contribution < 1.29 is 13.9 Å². The molecule has 6 heteroatoms. The highest BCUT2D eigenvalue weighted by molar-refractivity contribution is 5.79.